The summed E-state index contributed by atoms with van der Waals surface area (Å²) >= 11 is 1.63. The summed E-state index contributed by atoms with van der Waals surface area (Å²) < 4.78 is 5.77. The molecule has 1 aromatic heterocycles. The molecule has 2 aliphatic rings. The molecule has 0 spiro atoms. The third kappa shape index (κ3) is 1.38. The molecule has 88 valence electrons. The third-order valence-electron chi connectivity index (χ3n) is 3.91. The van der Waals surface area contributed by atoms with Gasteiger partial charge in [-0.05, 0) is 13.3 Å². The summed E-state index contributed by atoms with van der Waals surface area (Å²) in [6.45, 7) is 7.43. The van der Waals surface area contributed by atoms with Crippen LogP contribution in [0.25, 0.3) is 0 Å². The highest BCUT2D eigenvalue weighted by atomic mass is 32.1. The first-order valence-corrected chi connectivity index (χ1v) is 6.59. The molecule has 3 atom stereocenters. The molecule has 5 heteroatoms. The first kappa shape index (κ1) is 10.5. The number of anilines is 1. The number of nitrogens with zero attached hydrogens (tertiary/aromatic N) is 2. The van der Waals surface area contributed by atoms with Crippen molar-refractivity contribution in [2.24, 2.45) is 11.3 Å². The molecule has 1 N–H and O–H groups in total. The lowest BCUT2D eigenvalue weighted by Gasteiger charge is -2.54. The first-order chi connectivity index (χ1) is 7.59. The van der Waals surface area contributed by atoms with Gasteiger partial charge in [0.05, 0.1) is 6.10 Å². The van der Waals surface area contributed by atoms with Crippen molar-refractivity contribution in [1.29, 1.82) is 0 Å². The van der Waals surface area contributed by atoms with Crippen molar-refractivity contribution in [3.05, 3.63) is 5.01 Å². The number of hydrogen-bond donors (Lipinski definition) is 1. The standard InChI is InChI=1S/C11H17N3OS/c1-6-13-14-10(16-6)12-8-7-4-5-15-9(7)11(8,2)3/h7-9H,4-5H2,1-3H3,(H,12,14)/t7-,8-,9+/m1/s1. The molecular formula is C11H17N3OS. The molecule has 1 saturated carbocycles. The average molecular weight is 239 g/mol. The molecule has 0 radical (unpaired) electrons. The predicted molar refractivity (Wildman–Crippen MR) is 63.7 cm³/mol. The van der Waals surface area contributed by atoms with Crippen molar-refractivity contribution in [3.63, 3.8) is 0 Å². The minimum absolute atomic E-state index is 0.209. The molecule has 0 unspecified atom stereocenters. The van der Waals surface area contributed by atoms with Gasteiger partial charge in [-0.15, -0.1) is 10.2 Å². The summed E-state index contributed by atoms with van der Waals surface area (Å²) in [4.78, 5) is 0. The van der Waals surface area contributed by atoms with E-state index in [1.54, 1.807) is 11.3 Å². The first-order valence-electron chi connectivity index (χ1n) is 5.77. The van der Waals surface area contributed by atoms with E-state index in [4.69, 9.17) is 4.74 Å². The van der Waals surface area contributed by atoms with E-state index in [-0.39, 0.29) is 5.41 Å². The lowest BCUT2D eigenvalue weighted by molar-refractivity contribution is -0.0923. The van der Waals surface area contributed by atoms with Crippen LogP contribution in [-0.2, 0) is 4.74 Å². The van der Waals surface area contributed by atoms with Gasteiger partial charge in [0.2, 0.25) is 5.13 Å². The van der Waals surface area contributed by atoms with Crippen molar-refractivity contribution in [2.45, 2.75) is 39.3 Å². The molecule has 1 aromatic rings. The minimum atomic E-state index is 0.209. The van der Waals surface area contributed by atoms with Gasteiger partial charge in [0.1, 0.15) is 5.01 Å². The summed E-state index contributed by atoms with van der Waals surface area (Å²) in [6.07, 6.45) is 1.60. The molecule has 3 rings (SSSR count). The maximum absolute atomic E-state index is 5.77. The fraction of sp³-hybridized carbons (Fsp3) is 0.818. The Morgan fingerprint density at radius 3 is 2.94 bits per heavy atom. The van der Waals surface area contributed by atoms with Crippen LogP contribution >= 0.6 is 11.3 Å². The zero-order valence-corrected chi connectivity index (χ0v) is 10.7. The van der Waals surface area contributed by atoms with Crippen LogP contribution < -0.4 is 5.32 Å². The Bertz CT molecular complexity index is 404. The fourth-order valence-corrected chi connectivity index (χ4v) is 3.73. The molecular weight excluding hydrogens is 222 g/mol. The smallest absolute Gasteiger partial charge is 0.205 e. The van der Waals surface area contributed by atoms with Crippen LogP contribution in [0.4, 0.5) is 5.13 Å². The second kappa shape index (κ2) is 3.40. The normalized spacial score (nSPS) is 35.6. The number of fused-ring (bicyclic) bond motifs is 1. The quantitative estimate of drug-likeness (QED) is 0.858. The SMILES string of the molecule is Cc1nnc(N[C@@H]2[C@H]3CCO[C@@H]3C2(C)C)s1. The molecule has 1 aliphatic heterocycles. The van der Waals surface area contributed by atoms with E-state index < -0.39 is 0 Å². The highest BCUT2D eigenvalue weighted by Crippen LogP contribution is 2.53. The van der Waals surface area contributed by atoms with E-state index in [0.717, 1.165) is 16.7 Å². The number of ether oxygens (including phenoxy) is 1. The van der Waals surface area contributed by atoms with Gasteiger partial charge in [-0.25, -0.2) is 0 Å². The van der Waals surface area contributed by atoms with Gasteiger partial charge in [0, 0.05) is 24.0 Å². The van der Waals surface area contributed by atoms with Gasteiger partial charge in [0.25, 0.3) is 0 Å². The van der Waals surface area contributed by atoms with Crippen LogP contribution in [-0.4, -0.2) is 29.0 Å². The predicted octanol–water partition coefficient (Wildman–Crippen LogP) is 2.07. The van der Waals surface area contributed by atoms with Crippen molar-refractivity contribution < 1.29 is 4.74 Å². The number of rotatable bonds is 2. The van der Waals surface area contributed by atoms with E-state index in [2.05, 4.69) is 29.4 Å². The van der Waals surface area contributed by atoms with Crippen LogP contribution in [0.2, 0.25) is 0 Å². The van der Waals surface area contributed by atoms with Gasteiger partial charge in [-0.3, -0.25) is 0 Å². The summed E-state index contributed by atoms with van der Waals surface area (Å²) in [5, 5.41) is 13.7. The van der Waals surface area contributed by atoms with Crippen molar-refractivity contribution >= 4 is 16.5 Å². The van der Waals surface area contributed by atoms with Crippen LogP contribution in [0.5, 0.6) is 0 Å². The molecule has 0 bridgehead atoms. The van der Waals surface area contributed by atoms with Gasteiger partial charge < -0.3 is 10.1 Å². The van der Waals surface area contributed by atoms with E-state index in [0.29, 0.717) is 18.1 Å². The van der Waals surface area contributed by atoms with Crippen LogP contribution in [0, 0.1) is 18.3 Å². The lowest BCUT2D eigenvalue weighted by atomic mass is 9.57. The number of aryl methyl sites for hydroxylation is 1. The lowest BCUT2D eigenvalue weighted by Crippen LogP contribution is -2.63. The third-order valence-corrected chi connectivity index (χ3v) is 4.68. The van der Waals surface area contributed by atoms with E-state index in [1.165, 1.54) is 6.42 Å². The Labute approximate surface area is 99.4 Å². The molecule has 0 aromatic carbocycles. The maximum Gasteiger partial charge on any atom is 0.205 e. The zero-order chi connectivity index (χ0) is 11.3. The Morgan fingerprint density at radius 2 is 2.25 bits per heavy atom. The number of aromatic nitrogens is 2. The Hall–Kier alpha value is -0.680. The summed E-state index contributed by atoms with van der Waals surface area (Å²) in [5.74, 6) is 0.652. The molecule has 16 heavy (non-hydrogen) atoms. The Morgan fingerprint density at radius 1 is 1.44 bits per heavy atom. The van der Waals surface area contributed by atoms with Crippen LogP contribution in [0.1, 0.15) is 25.3 Å². The number of hydrogen-bond acceptors (Lipinski definition) is 5. The van der Waals surface area contributed by atoms with Gasteiger partial charge in [-0.1, -0.05) is 25.2 Å². The van der Waals surface area contributed by atoms with Crippen molar-refractivity contribution in [2.75, 3.05) is 11.9 Å². The van der Waals surface area contributed by atoms with Crippen LogP contribution in [0.3, 0.4) is 0 Å². The maximum atomic E-state index is 5.77. The largest absolute Gasteiger partial charge is 0.377 e. The molecule has 1 aliphatic carbocycles. The van der Waals surface area contributed by atoms with E-state index in [9.17, 15) is 0 Å². The highest BCUT2D eigenvalue weighted by molar-refractivity contribution is 7.15. The fourth-order valence-electron chi connectivity index (χ4n) is 3.11. The average Bonchev–Trinajstić information content (AvgIpc) is 2.81. The Balaban J connectivity index is 1.75. The zero-order valence-electron chi connectivity index (χ0n) is 9.86. The monoisotopic (exact) mass is 239 g/mol. The minimum Gasteiger partial charge on any atom is -0.377 e. The van der Waals surface area contributed by atoms with Gasteiger partial charge in [0.15, 0.2) is 0 Å². The van der Waals surface area contributed by atoms with Crippen molar-refractivity contribution in [1.82, 2.24) is 10.2 Å². The summed E-state index contributed by atoms with van der Waals surface area (Å²) in [6, 6.07) is 0.479. The summed E-state index contributed by atoms with van der Waals surface area (Å²) in [7, 11) is 0. The Kier molecular flexibility index (Phi) is 2.23. The van der Waals surface area contributed by atoms with E-state index >= 15 is 0 Å². The van der Waals surface area contributed by atoms with Gasteiger partial charge in [-0.2, -0.15) is 0 Å². The highest BCUT2D eigenvalue weighted by Gasteiger charge is 2.59. The van der Waals surface area contributed by atoms with Crippen LogP contribution in [0.15, 0.2) is 0 Å². The molecule has 4 nitrogen and oxygen atoms in total. The second-order valence-electron chi connectivity index (χ2n) is 5.31. The molecule has 1 saturated heterocycles. The molecule has 2 heterocycles. The van der Waals surface area contributed by atoms with E-state index in [1.807, 2.05) is 6.92 Å². The molecule has 2 fully saturated rings. The number of nitrogens with one attached hydrogen (secondary N) is 1. The van der Waals surface area contributed by atoms with Crippen molar-refractivity contribution in [3.8, 4) is 0 Å². The summed E-state index contributed by atoms with van der Waals surface area (Å²) in [5.41, 5.74) is 0.209. The topological polar surface area (TPSA) is 47.0 Å². The second-order valence-corrected chi connectivity index (χ2v) is 6.50. The molecule has 0 amide bonds. The van der Waals surface area contributed by atoms with Gasteiger partial charge >= 0.3 is 0 Å².